The van der Waals surface area contributed by atoms with Gasteiger partial charge >= 0.3 is 0 Å². The van der Waals surface area contributed by atoms with Crippen LogP contribution in [0.4, 0.5) is 0 Å². The van der Waals surface area contributed by atoms with Gasteiger partial charge in [0.2, 0.25) is 11.7 Å². The Bertz CT molecular complexity index is 1290. The average Bonchev–Trinajstić information content (AvgIpc) is 3.34. The molecular formula is C22H23ClN6O3. The number of hydrogen-bond acceptors (Lipinski definition) is 6. The summed E-state index contributed by atoms with van der Waals surface area (Å²) in [6, 6.07) is 11.2. The van der Waals surface area contributed by atoms with Crippen molar-refractivity contribution in [1.82, 2.24) is 29.2 Å². The number of aromatic nitrogens is 5. The van der Waals surface area contributed by atoms with Gasteiger partial charge in [-0.05, 0) is 29.8 Å². The van der Waals surface area contributed by atoms with Gasteiger partial charge in [0.25, 0.3) is 5.91 Å². The summed E-state index contributed by atoms with van der Waals surface area (Å²) in [6.07, 6.45) is 0. The van der Waals surface area contributed by atoms with E-state index in [9.17, 15) is 4.79 Å². The highest BCUT2D eigenvalue weighted by Gasteiger charge is 2.23. The minimum atomic E-state index is -0.237. The Labute approximate surface area is 190 Å². The summed E-state index contributed by atoms with van der Waals surface area (Å²) >= 11 is 6.25. The number of aryl methyl sites for hydroxylation is 1. The predicted octanol–water partition coefficient (Wildman–Crippen LogP) is 3.25. The van der Waals surface area contributed by atoms with Gasteiger partial charge in [0.05, 0.1) is 37.5 Å². The number of rotatable bonds is 6. The number of carbonyl (C=O) groups is 1. The molecule has 0 spiro atoms. The first-order chi connectivity index (χ1) is 15.3. The number of fused-ring (bicyclic) bond motifs is 1. The standard InChI is InChI=1S/C22H23ClN6O3/c1-27(2)22(30)20-25-19(26-29(20)12-13-6-8-14(31-4)9-7-13)18-11-16-17(28(18)3)10-15(23)21(24-16)32-5/h6-11H,12H2,1-5H3. The van der Waals surface area contributed by atoms with E-state index in [4.69, 9.17) is 21.1 Å². The van der Waals surface area contributed by atoms with E-state index in [-0.39, 0.29) is 11.7 Å². The molecule has 0 aliphatic heterocycles. The van der Waals surface area contributed by atoms with Crippen LogP contribution in [-0.2, 0) is 13.6 Å². The van der Waals surface area contributed by atoms with Gasteiger partial charge in [-0.1, -0.05) is 23.7 Å². The number of halogens is 1. The Morgan fingerprint density at radius 2 is 1.81 bits per heavy atom. The number of nitrogens with zero attached hydrogens (tertiary/aromatic N) is 6. The van der Waals surface area contributed by atoms with Crippen LogP contribution in [0, 0.1) is 0 Å². The quantitative estimate of drug-likeness (QED) is 0.444. The molecule has 166 valence electrons. The highest BCUT2D eigenvalue weighted by Crippen LogP contribution is 2.31. The van der Waals surface area contributed by atoms with Crippen molar-refractivity contribution in [3.63, 3.8) is 0 Å². The van der Waals surface area contributed by atoms with Crippen LogP contribution < -0.4 is 9.47 Å². The number of ether oxygens (including phenoxy) is 2. The smallest absolute Gasteiger partial charge is 0.290 e. The van der Waals surface area contributed by atoms with Crippen LogP contribution in [0.3, 0.4) is 0 Å². The van der Waals surface area contributed by atoms with Gasteiger partial charge in [-0.15, -0.1) is 5.10 Å². The summed E-state index contributed by atoms with van der Waals surface area (Å²) in [5, 5.41) is 5.07. The monoisotopic (exact) mass is 454 g/mol. The molecule has 0 bridgehead atoms. The minimum absolute atomic E-state index is 0.237. The van der Waals surface area contributed by atoms with Crippen LogP contribution in [0.5, 0.6) is 11.6 Å². The molecule has 0 unspecified atom stereocenters. The van der Waals surface area contributed by atoms with Gasteiger partial charge in [-0.3, -0.25) is 4.79 Å². The van der Waals surface area contributed by atoms with Crippen LogP contribution in [0.2, 0.25) is 5.02 Å². The molecule has 9 nitrogen and oxygen atoms in total. The lowest BCUT2D eigenvalue weighted by molar-refractivity contribution is 0.0810. The molecule has 0 aliphatic carbocycles. The molecule has 4 aromatic rings. The third-order valence-corrected chi connectivity index (χ3v) is 5.40. The summed E-state index contributed by atoms with van der Waals surface area (Å²) in [7, 11) is 8.38. The number of benzene rings is 1. The van der Waals surface area contributed by atoms with Gasteiger partial charge < -0.3 is 18.9 Å². The first-order valence-corrected chi connectivity index (χ1v) is 10.2. The maximum atomic E-state index is 12.8. The van der Waals surface area contributed by atoms with Crippen LogP contribution in [-0.4, -0.2) is 63.4 Å². The van der Waals surface area contributed by atoms with Crippen molar-refractivity contribution >= 4 is 28.5 Å². The van der Waals surface area contributed by atoms with E-state index in [1.165, 1.54) is 12.0 Å². The molecule has 1 amide bonds. The summed E-state index contributed by atoms with van der Waals surface area (Å²) in [5.41, 5.74) is 3.16. The number of hydrogen-bond donors (Lipinski definition) is 0. The molecule has 0 radical (unpaired) electrons. The first-order valence-electron chi connectivity index (χ1n) is 9.82. The fourth-order valence-corrected chi connectivity index (χ4v) is 3.61. The molecule has 0 saturated carbocycles. The zero-order chi connectivity index (χ0) is 23.0. The van der Waals surface area contributed by atoms with Crippen LogP contribution >= 0.6 is 11.6 Å². The molecule has 32 heavy (non-hydrogen) atoms. The number of amides is 1. The Hall–Kier alpha value is -3.59. The molecule has 0 aliphatic rings. The molecule has 10 heteroatoms. The summed E-state index contributed by atoms with van der Waals surface area (Å²) in [6.45, 7) is 0.383. The van der Waals surface area contributed by atoms with Crippen molar-refractivity contribution < 1.29 is 14.3 Å². The predicted molar refractivity (Wildman–Crippen MR) is 121 cm³/mol. The topological polar surface area (TPSA) is 87.3 Å². The van der Waals surface area contributed by atoms with Gasteiger partial charge in [0, 0.05) is 21.1 Å². The lowest BCUT2D eigenvalue weighted by Gasteiger charge is -2.11. The van der Waals surface area contributed by atoms with E-state index >= 15 is 0 Å². The van der Waals surface area contributed by atoms with E-state index in [1.807, 2.05) is 41.9 Å². The fourth-order valence-electron chi connectivity index (χ4n) is 3.39. The third-order valence-electron chi connectivity index (χ3n) is 5.13. The van der Waals surface area contributed by atoms with Crippen LogP contribution in [0.15, 0.2) is 36.4 Å². The van der Waals surface area contributed by atoms with E-state index in [0.29, 0.717) is 34.5 Å². The molecule has 0 fully saturated rings. The molecule has 0 atom stereocenters. The number of methoxy groups -OCH3 is 2. The molecule has 4 rings (SSSR count). The van der Waals surface area contributed by atoms with Crippen molar-refractivity contribution in [2.24, 2.45) is 7.05 Å². The van der Waals surface area contributed by atoms with E-state index < -0.39 is 0 Å². The van der Waals surface area contributed by atoms with Gasteiger partial charge in [-0.25, -0.2) is 14.6 Å². The lowest BCUT2D eigenvalue weighted by atomic mass is 10.2. The fraction of sp³-hybridized carbons (Fsp3) is 0.273. The van der Waals surface area contributed by atoms with Gasteiger partial charge in [-0.2, -0.15) is 0 Å². The van der Waals surface area contributed by atoms with Gasteiger partial charge in [0.15, 0.2) is 5.82 Å². The number of pyridine rings is 1. The van der Waals surface area contributed by atoms with Crippen molar-refractivity contribution in [3.8, 4) is 23.1 Å². The lowest BCUT2D eigenvalue weighted by Crippen LogP contribution is -2.26. The Balaban J connectivity index is 1.80. The normalized spacial score (nSPS) is 11.1. The average molecular weight is 455 g/mol. The highest BCUT2D eigenvalue weighted by molar-refractivity contribution is 6.32. The molecule has 0 saturated heterocycles. The summed E-state index contributed by atoms with van der Waals surface area (Å²) in [5.74, 6) is 1.53. The maximum absolute atomic E-state index is 12.8. The molecule has 3 heterocycles. The first kappa shape index (κ1) is 21.6. The highest BCUT2D eigenvalue weighted by atomic mass is 35.5. The van der Waals surface area contributed by atoms with E-state index in [1.54, 1.807) is 32.0 Å². The maximum Gasteiger partial charge on any atom is 0.290 e. The summed E-state index contributed by atoms with van der Waals surface area (Å²) in [4.78, 5) is 23.3. The van der Waals surface area contributed by atoms with Crippen molar-refractivity contribution in [1.29, 1.82) is 0 Å². The largest absolute Gasteiger partial charge is 0.497 e. The molecule has 1 aromatic carbocycles. The van der Waals surface area contributed by atoms with Gasteiger partial charge in [0.1, 0.15) is 10.8 Å². The van der Waals surface area contributed by atoms with Crippen LogP contribution in [0.25, 0.3) is 22.6 Å². The van der Waals surface area contributed by atoms with E-state index in [0.717, 1.165) is 16.8 Å². The Morgan fingerprint density at radius 3 is 2.44 bits per heavy atom. The zero-order valence-corrected chi connectivity index (χ0v) is 19.2. The second kappa shape index (κ2) is 8.51. The summed E-state index contributed by atoms with van der Waals surface area (Å²) < 4.78 is 13.9. The Morgan fingerprint density at radius 1 is 1.09 bits per heavy atom. The second-order valence-corrected chi connectivity index (χ2v) is 7.84. The van der Waals surface area contributed by atoms with Crippen molar-refractivity contribution in [3.05, 3.63) is 52.8 Å². The second-order valence-electron chi connectivity index (χ2n) is 7.44. The molecular weight excluding hydrogens is 432 g/mol. The van der Waals surface area contributed by atoms with Crippen LogP contribution in [0.1, 0.15) is 16.2 Å². The SMILES string of the molecule is COc1ccc(Cn2nc(-c3cc4nc(OC)c(Cl)cc4n3C)nc2C(=O)N(C)C)cc1. The minimum Gasteiger partial charge on any atom is -0.497 e. The Kier molecular flexibility index (Phi) is 5.75. The zero-order valence-electron chi connectivity index (χ0n) is 18.5. The molecule has 3 aromatic heterocycles. The van der Waals surface area contributed by atoms with E-state index in [2.05, 4.69) is 15.1 Å². The van der Waals surface area contributed by atoms with Crippen molar-refractivity contribution in [2.75, 3.05) is 28.3 Å². The molecule has 0 N–H and O–H groups in total. The number of carbonyl (C=O) groups excluding carboxylic acids is 1. The van der Waals surface area contributed by atoms with Crippen molar-refractivity contribution in [2.45, 2.75) is 6.54 Å². The third kappa shape index (κ3) is 3.87.